The molecule has 2 rings (SSSR count). The molecule has 0 amide bonds. The van der Waals surface area contributed by atoms with E-state index in [1.165, 1.54) is 0 Å². The molecule has 0 aromatic heterocycles. The molecule has 0 saturated carbocycles. The summed E-state index contributed by atoms with van der Waals surface area (Å²) in [5.41, 5.74) is 2.07. The average molecular weight is 241 g/mol. The van der Waals surface area contributed by atoms with Crippen LogP contribution < -0.4 is 10.4 Å². The molecular formula is C16H21N2+. The Morgan fingerprint density at radius 1 is 0.722 bits per heavy atom. The highest BCUT2D eigenvalue weighted by molar-refractivity contribution is 5.58. The van der Waals surface area contributed by atoms with Crippen LogP contribution in [0.1, 0.15) is 20.8 Å². The van der Waals surface area contributed by atoms with Crippen molar-refractivity contribution in [3.05, 3.63) is 60.7 Å². The quantitative estimate of drug-likeness (QED) is 0.480. The topological polar surface area (TPSA) is 26.0 Å². The van der Waals surface area contributed by atoms with Gasteiger partial charge in [-0.3, -0.25) is 0 Å². The van der Waals surface area contributed by atoms with Crippen LogP contribution in [0.5, 0.6) is 0 Å². The van der Waals surface area contributed by atoms with Crippen LogP contribution in [0.4, 0.5) is 11.4 Å². The predicted molar refractivity (Wildman–Crippen MR) is 78.3 cm³/mol. The Bertz CT molecular complexity index is 458. The number of benzene rings is 2. The lowest BCUT2D eigenvalue weighted by Crippen LogP contribution is -2.63. The highest BCUT2D eigenvalue weighted by atomic mass is 15.6. The maximum atomic E-state index is 6.76. The second-order valence-electron chi connectivity index (χ2n) is 5.56. The van der Waals surface area contributed by atoms with Gasteiger partial charge in [0.1, 0.15) is 5.54 Å². The molecule has 94 valence electrons. The first-order valence-corrected chi connectivity index (χ1v) is 6.25. The monoisotopic (exact) mass is 241 g/mol. The van der Waals surface area contributed by atoms with Crippen LogP contribution in [0.25, 0.3) is 0 Å². The van der Waals surface area contributed by atoms with E-state index in [0.29, 0.717) is 4.59 Å². The minimum Gasteiger partial charge on any atom is -0.181 e. The number of para-hydroxylation sites is 2. The summed E-state index contributed by atoms with van der Waals surface area (Å²) in [6.45, 7) is 6.48. The average Bonchev–Trinajstić information content (AvgIpc) is 2.38. The number of hydrogen-bond donors (Lipinski definition) is 1. The van der Waals surface area contributed by atoms with E-state index in [-0.39, 0.29) is 5.54 Å². The Morgan fingerprint density at radius 3 is 1.33 bits per heavy atom. The van der Waals surface area contributed by atoms with E-state index in [0.717, 1.165) is 11.4 Å². The molecule has 2 N–H and O–H groups in total. The highest BCUT2D eigenvalue weighted by Gasteiger charge is 2.42. The Morgan fingerprint density at radius 2 is 1.06 bits per heavy atom. The third kappa shape index (κ3) is 2.05. The largest absolute Gasteiger partial charge is 0.181 e. The molecule has 0 atom stereocenters. The molecule has 2 heteroatoms. The lowest BCUT2D eigenvalue weighted by Gasteiger charge is -2.42. The maximum Gasteiger partial charge on any atom is 0.157 e. The van der Waals surface area contributed by atoms with E-state index in [1.807, 2.05) is 36.4 Å². The third-order valence-electron chi connectivity index (χ3n) is 3.39. The van der Waals surface area contributed by atoms with Gasteiger partial charge in [0.25, 0.3) is 0 Å². The molecule has 0 aliphatic rings. The molecule has 0 fully saturated rings. The van der Waals surface area contributed by atoms with Gasteiger partial charge < -0.3 is 0 Å². The van der Waals surface area contributed by atoms with Gasteiger partial charge >= 0.3 is 0 Å². The van der Waals surface area contributed by atoms with Crippen molar-refractivity contribution in [2.45, 2.75) is 26.3 Å². The lowest BCUT2D eigenvalue weighted by atomic mass is 10.0. The summed E-state index contributed by atoms with van der Waals surface area (Å²) in [4.78, 5) is 0. The summed E-state index contributed by atoms with van der Waals surface area (Å²) in [6.07, 6.45) is 0. The summed E-state index contributed by atoms with van der Waals surface area (Å²) in [6, 6.07) is 20.5. The van der Waals surface area contributed by atoms with Gasteiger partial charge in [-0.25, -0.2) is 0 Å². The zero-order valence-corrected chi connectivity index (χ0v) is 11.3. The van der Waals surface area contributed by atoms with Crippen molar-refractivity contribution in [2.75, 3.05) is 0 Å². The fourth-order valence-electron chi connectivity index (χ4n) is 2.25. The van der Waals surface area contributed by atoms with Gasteiger partial charge in [-0.1, -0.05) is 36.4 Å². The minimum absolute atomic E-state index is 0.122. The van der Waals surface area contributed by atoms with Crippen LogP contribution in [0.2, 0.25) is 0 Å². The van der Waals surface area contributed by atoms with Gasteiger partial charge in [0.15, 0.2) is 11.4 Å². The molecule has 18 heavy (non-hydrogen) atoms. The zero-order valence-electron chi connectivity index (χ0n) is 11.3. The Labute approximate surface area is 109 Å². The maximum absolute atomic E-state index is 6.76. The molecule has 0 spiro atoms. The van der Waals surface area contributed by atoms with Crippen molar-refractivity contribution in [1.82, 2.24) is 4.59 Å². The molecule has 0 unspecified atom stereocenters. The molecule has 0 bridgehead atoms. The lowest BCUT2D eigenvalue weighted by molar-refractivity contribution is 0.221. The van der Waals surface area contributed by atoms with Crippen LogP contribution >= 0.6 is 0 Å². The van der Waals surface area contributed by atoms with Gasteiger partial charge in [-0.15, -0.1) is 0 Å². The summed E-state index contributed by atoms with van der Waals surface area (Å²) in [5.74, 6) is 6.76. The van der Waals surface area contributed by atoms with E-state index in [4.69, 9.17) is 5.84 Å². The fraction of sp³-hybridized carbons (Fsp3) is 0.250. The Hall–Kier alpha value is -1.64. The first kappa shape index (κ1) is 12.8. The molecular weight excluding hydrogens is 220 g/mol. The molecule has 2 aromatic carbocycles. The van der Waals surface area contributed by atoms with E-state index < -0.39 is 0 Å². The SMILES string of the molecule is CC(C)(C)[N+](N)(c1ccccc1)c1ccccc1. The van der Waals surface area contributed by atoms with Crippen LogP contribution in [0, 0.1) is 0 Å². The number of hydrogen-bond acceptors (Lipinski definition) is 1. The van der Waals surface area contributed by atoms with Gasteiger partial charge in [-0.2, -0.15) is 10.4 Å². The molecule has 2 nitrogen and oxygen atoms in total. The third-order valence-corrected chi connectivity index (χ3v) is 3.39. The molecule has 0 heterocycles. The van der Waals surface area contributed by atoms with E-state index in [2.05, 4.69) is 45.0 Å². The standard InChI is InChI=1S/C16H21N2/c1-16(2,3)18(17,14-10-6-4-7-11-14)15-12-8-5-9-13-15/h4-13H,17H2,1-3H3/q+1. The van der Waals surface area contributed by atoms with Gasteiger partial charge in [0.2, 0.25) is 0 Å². The summed E-state index contributed by atoms with van der Waals surface area (Å²) in [7, 11) is 0. The predicted octanol–water partition coefficient (Wildman–Crippen LogP) is 4.00. The fourth-order valence-corrected chi connectivity index (χ4v) is 2.25. The number of quaternary nitrogens is 1. The van der Waals surface area contributed by atoms with Crippen molar-refractivity contribution in [3.63, 3.8) is 0 Å². The second kappa shape index (κ2) is 4.56. The molecule has 0 saturated heterocycles. The number of nitrogens with two attached hydrogens (primary N) is 1. The smallest absolute Gasteiger partial charge is 0.157 e. The number of nitrogens with zero attached hydrogens (tertiary/aromatic N) is 1. The molecule has 0 aliphatic heterocycles. The van der Waals surface area contributed by atoms with Gasteiger partial charge in [-0.05, 0) is 20.8 Å². The van der Waals surface area contributed by atoms with Crippen molar-refractivity contribution < 1.29 is 0 Å². The summed E-state index contributed by atoms with van der Waals surface area (Å²) in [5, 5.41) is 0. The van der Waals surface area contributed by atoms with E-state index in [1.54, 1.807) is 0 Å². The van der Waals surface area contributed by atoms with Crippen LogP contribution in [0.3, 0.4) is 0 Å². The zero-order chi connectivity index (χ0) is 13.2. The van der Waals surface area contributed by atoms with Crippen molar-refractivity contribution in [1.29, 1.82) is 0 Å². The van der Waals surface area contributed by atoms with Gasteiger partial charge in [0, 0.05) is 24.3 Å². The number of rotatable bonds is 2. The van der Waals surface area contributed by atoms with E-state index >= 15 is 0 Å². The van der Waals surface area contributed by atoms with Gasteiger partial charge in [0.05, 0.1) is 0 Å². The normalized spacial score (nSPS) is 12.4. The molecule has 2 aromatic rings. The minimum atomic E-state index is -0.122. The molecule has 0 aliphatic carbocycles. The second-order valence-corrected chi connectivity index (χ2v) is 5.56. The van der Waals surface area contributed by atoms with Crippen molar-refractivity contribution >= 4 is 11.4 Å². The Kier molecular flexibility index (Phi) is 3.24. The summed E-state index contributed by atoms with van der Waals surface area (Å²) >= 11 is 0. The molecule has 0 radical (unpaired) electrons. The first-order valence-electron chi connectivity index (χ1n) is 6.25. The summed E-state index contributed by atoms with van der Waals surface area (Å²) < 4.78 is 0.300. The Balaban J connectivity index is 2.63. The van der Waals surface area contributed by atoms with Crippen LogP contribution in [0.15, 0.2) is 60.7 Å². The van der Waals surface area contributed by atoms with E-state index in [9.17, 15) is 0 Å². The van der Waals surface area contributed by atoms with Crippen LogP contribution in [-0.4, -0.2) is 5.54 Å². The van der Waals surface area contributed by atoms with Crippen molar-refractivity contribution in [2.24, 2.45) is 5.84 Å². The van der Waals surface area contributed by atoms with Crippen molar-refractivity contribution in [3.8, 4) is 0 Å². The first-order chi connectivity index (χ1) is 8.46. The highest BCUT2D eigenvalue weighted by Crippen LogP contribution is 2.37. The van der Waals surface area contributed by atoms with Crippen LogP contribution in [-0.2, 0) is 0 Å².